The number of hydrogen-bond acceptors (Lipinski definition) is 7. The molecule has 0 aliphatic carbocycles. The second kappa shape index (κ2) is 6.55. The molecule has 130 valence electrons. The van der Waals surface area contributed by atoms with Crippen LogP contribution in [0, 0.1) is 27.2 Å². The number of rotatable bonds is 4. The standard InChI is InChI=1S/C17H11N3O6/c1-10-2-4-11(5-3-10)16-18-14(17(21)26-16)8-12-6-7-13(19(22)23)9-15(12)20(24)25/h2-9H,1H3/b14-8+. The van der Waals surface area contributed by atoms with Gasteiger partial charge in [-0.1, -0.05) is 17.7 Å². The molecule has 0 bridgehead atoms. The lowest BCUT2D eigenvalue weighted by atomic mass is 10.1. The van der Waals surface area contributed by atoms with Crippen molar-refractivity contribution in [1.29, 1.82) is 0 Å². The molecule has 9 nitrogen and oxygen atoms in total. The summed E-state index contributed by atoms with van der Waals surface area (Å²) in [4.78, 5) is 36.5. The van der Waals surface area contributed by atoms with E-state index in [0.717, 1.165) is 17.7 Å². The van der Waals surface area contributed by atoms with Gasteiger partial charge in [0, 0.05) is 11.6 Å². The van der Waals surface area contributed by atoms with Gasteiger partial charge in [-0.05, 0) is 31.2 Å². The molecule has 1 aliphatic rings. The minimum absolute atomic E-state index is 0.0152. The molecule has 0 saturated heterocycles. The van der Waals surface area contributed by atoms with E-state index in [9.17, 15) is 25.0 Å². The molecule has 0 fully saturated rings. The van der Waals surface area contributed by atoms with Crippen molar-refractivity contribution in [1.82, 2.24) is 0 Å². The van der Waals surface area contributed by atoms with Crippen LogP contribution in [0.2, 0.25) is 0 Å². The van der Waals surface area contributed by atoms with Crippen LogP contribution in [0.25, 0.3) is 6.08 Å². The third-order valence-corrected chi connectivity index (χ3v) is 3.63. The van der Waals surface area contributed by atoms with Crippen molar-refractivity contribution in [3.63, 3.8) is 0 Å². The van der Waals surface area contributed by atoms with E-state index in [2.05, 4.69) is 4.99 Å². The van der Waals surface area contributed by atoms with Crippen LogP contribution < -0.4 is 0 Å². The van der Waals surface area contributed by atoms with Crippen LogP contribution in [-0.2, 0) is 9.53 Å². The van der Waals surface area contributed by atoms with Gasteiger partial charge < -0.3 is 4.74 Å². The summed E-state index contributed by atoms with van der Waals surface area (Å²) in [5.74, 6) is -0.668. The van der Waals surface area contributed by atoms with E-state index in [4.69, 9.17) is 4.74 Å². The van der Waals surface area contributed by atoms with Crippen LogP contribution in [0.15, 0.2) is 53.2 Å². The third kappa shape index (κ3) is 3.31. The Morgan fingerprint density at radius 1 is 1.04 bits per heavy atom. The average molecular weight is 353 g/mol. The van der Waals surface area contributed by atoms with Gasteiger partial charge in [-0.25, -0.2) is 9.79 Å². The molecule has 1 aliphatic heterocycles. The number of non-ortho nitro benzene ring substituents is 1. The van der Waals surface area contributed by atoms with Crippen molar-refractivity contribution in [3.05, 3.63) is 85.1 Å². The van der Waals surface area contributed by atoms with Gasteiger partial charge in [0.05, 0.1) is 21.5 Å². The van der Waals surface area contributed by atoms with Gasteiger partial charge in [-0.15, -0.1) is 0 Å². The molecular formula is C17H11N3O6. The van der Waals surface area contributed by atoms with E-state index in [1.807, 2.05) is 19.1 Å². The Bertz CT molecular complexity index is 992. The van der Waals surface area contributed by atoms with Crippen molar-refractivity contribution in [2.24, 2.45) is 4.99 Å². The number of aliphatic imine (C=N–C) groups is 1. The van der Waals surface area contributed by atoms with Gasteiger partial charge >= 0.3 is 5.97 Å². The Balaban J connectivity index is 2.01. The van der Waals surface area contributed by atoms with Crippen molar-refractivity contribution in [2.75, 3.05) is 0 Å². The number of esters is 1. The van der Waals surface area contributed by atoms with Crippen LogP contribution in [0.1, 0.15) is 16.7 Å². The highest BCUT2D eigenvalue weighted by Crippen LogP contribution is 2.28. The summed E-state index contributed by atoms with van der Waals surface area (Å²) in [7, 11) is 0. The van der Waals surface area contributed by atoms with Crippen LogP contribution in [0.5, 0.6) is 0 Å². The van der Waals surface area contributed by atoms with E-state index in [1.54, 1.807) is 12.1 Å². The number of nitrogens with zero attached hydrogens (tertiary/aromatic N) is 3. The highest BCUT2D eigenvalue weighted by atomic mass is 16.6. The summed E-state index contributed by atoms with van der Waals surface area (Å²) in [6.45, 7) is 1.91. The first-order valence-corrected chi connectivity index (χ1v) is 7.37. The quantitative estimate of drug-likeness (QED) is 0.360. The molecule has 9 heteroatoms. The van der Waals surface area contributed by atoms with Gasteiger partial charge in [0.1, 0.15) is 0 Å². The fraction of sp³-hybridized carbons (Fsp3) is 0.0588. The molecule has 0 N–H and O–H groups in total. The number of cyclic esters (lactones) is 1. The zero-order valence-corrected chi connectivity index (χ0v) is 13.4. The predicted molar refractivity (Wildman–Crippen MR) is 91.5 cm³/mol. The molecule has 0 spiro atoms. The molecule has 3 rings (SSSR count). The highest BCUT2D eigenvalue weighted by Gasteiger charge is 2.26. The van der Waals surface area contributed by atoms with Crippen molar-refractivity contribution < 1.29 is 19.4 Å². The lowest BCUT2D eigenvalue weighted by molar-refractivity contribution is -0.394. The van der Waals surface area contributed by atoms with Gasteiger partial charge in [-0.3, -0.25) is 20.2 Å². The molecule has 2 aromatic rings. The third-order valence-electron chi connectivity index (χ3n) is 3.63. The summed E-state index contributed by atoms with van der Waals surface area (Å²) >= 11 is 0. The summed E-state index contributed by atoms with van der Waals surface area (Å²) in [5.41, 5.74) is 0.579. The fourth-order valence-corrected chi connectivity index (χ4v) is 2.30. The topological polar surface area (TPSA) is 125 Å². The second-order valence-electron chi connectivity index (χ2n) is 5.46. The van der Waals surface area contributed by atoms with E-state index in [1.165, 1.54) is 12.1 Å². The highest BCUT2D eigenvalue weighted by molar-refractivity contribution is 6.13. The minimum atomic E-state index is -0.760. The summed E-state index contributed by atoms with van der Waals surface area (Å²) < 4.78 is 5.10. The maximum Gasteiger partial charge on any atom is 0.363 e. The molecule has 0 saturated carbocycles. The van der Waals surface area contributed by atoms with Gasteiger partial charge in [-0.2, -0.15) is 0 Å². The minimum Gasteiger partial charge on any atom is -0.402 e. The smallest absolute Gasteiger partial charge is 0.363 e. The number of benzene rings is 2. The molecule has 0 amide bonds. The van der Waals surface area contributed by atoms with E-state index >= 15 is 0 Å². The van der Waals surface area contributed by atoms with E-state index in [-0.39, 0.29) is 17.2 Å². The largest absolute Gasteiger partial charge is 0.402 e. The number of carbonyl (C=O) groups excluding carboxylic acids is 1. The first-order valence-electron chi connectivity index (χ1n) is 7.37. The molecule has 0 radical (unpaired) electrons. The summed E-state index contributed by atoms with van der Waals surface area (Å²) in [5, 5.41) is 22.0. The van der Waals surface area contributed by atoms with Gasteiger partial charge in [0.25, 0.3) is 11.4 Å². The molecule has 0 unspecified atom stereocenters. The van der Waals surface area contributed by atoms with Crippen molar-refractivity contribution in [2.45, 2.75) is 6.92 Å². The first-order chi connectivity index (χ1) is 12.3. The number of ether oxygens (including phenoxy) is 1. The Morgan fingerprint density at radius 2 is 1.73 bits per heavy atom. The van der Waals surface area contributed by atoms with Crippen molar-refractivity contribution in [3.8, 4) is 0 Å². The predicted octanol–water partition coefficient (Wildman–Crippen LogP) is 3.16. The lowest BCUT2D eigenvalue weighted by Gasteiger charge is -1.99. The van der Waals surface area contributed by atoms with Crippen LogP contribution in [-0.4, -0.2) is 21.7 Å². The Morgan fingerprint density at radius 3 is 2.35 bits per heavy atom. The zero-order chi connectivity index (χ0) is 18.8. The van der Waals surface area contributed by atoms with Crippen LogP contribution >= 0.6 is 0 Å². The molecule has 0 aromatic heterocycles. The normalized spacial score (nSPS) is 14.9. The second-order valence-corrected chi connectivity index (χ2v) is 5.46. The number of nitro groups is 2. The van der Waals surface area contributed by atoms with E-state index in [0.29, 0.717) is 5.56 Å². The van der Waals surface area contributed by atoms with Crippen LogP contribution in [0.3, 0.4) is 0 Å². The number of nitro benzene ring substituents is 2. The molecule has 2 aromatic carbocycles. The number of hydrogen-bond donors (Lipinski definition) is 0. The van der Waals surface area contributed by atoms with Crippen LogP contribution in [0.4, 0.5) is 11.4 Å². The Kier molecular flexibility index (Phi) is 4.27. The van der Waals surface area contributed by atoms with Crippen molar-refractivity contribution >= 4 is 29.3 Å². The molecular weight excluding hydrogens is 342 g/mol. The number of carbonyl (C=O) groups is 1. The average Bonchev–Trinajstić information content (AvgIpc) is 2.96. The molecule has 1 heterocycles. The Hall–Kier alpha value is -3.88. The lowest BCUT2D eigenvalue weighted by Crippen LogP contribution is -2.05. The molecule has 0 atom stereocenters. The van der Waals surface area contributed by atoms with Gasteiger partial charge in [0.15, 0.2) is 5.70 Å². The fourth-order valence-electron chi connectivity index (χ4n) is 2.30. The maximum absolute atomic E-state index is 12.0. The first kappa shape index (κ1) is 17.0. The SMILES string of the molecule is Cc1ccc(C2=N/C(=C/c3ccc([N+](=O)[O-])cc3[N+](=O)[O-])C(=O)O2)cc1. The monoisotopic (exact) mass is 353 g/mol. The number of aryl methyl sites for hydroxylation is 1. The summed E-state index contributed by atoms with van der Waals surface area (Å²) in [6, 6.07) is 10.3. The van der Waals surface area contributed by atoms with Gasteiger partial charge in [0.2, 0.25) is 5.90 Å². The maximum atomic E-state index is 12.0. The van der Waals surface area contributed by atoms with E-state index < -0.39 is 27.2 Å². The zero-order valence-electron chi connectivity index (χ0n) is 13.4. The molecule has 26 heavy (non-hydrogen) atoms. The summed E-state index contributed by atoms with van der Waals surface area (Å²) in [6.07, 6.45) is 1.17. The Labute approximate surface area is 146 Å².